The first-order valence-corrected chi connectivity index (χ1v) is 3.87. The Morgan fingerprint density at radius 2 is 2.18 bits per heavy atom. The van der Waals surface area contributed by atoms with Gasteiger partial charge in [0, 0.05) is 13.7 Å². The maximum absolute atomic E-state index is 4.85. The van der Waals surface area contributed by atoms with Crippen LogP contribution in [0.25, 0.3) is 0 Å². The summed E-state index contributed by atoms with van der Waals surface area (Å²) < 4.78 is 4.85. The highest BCUT2D eigenvalue weighted by molar-refractivity contribution is 5.41. The Morgan fingerprint density at radius 3 is 2.73 bits per heavy atom. The van der Waals surface area contributed by atoms with E-state index in [0.717, 1.165) is 19.6 Å². The van der Waals surface area contributed by atoms with Crippen molar-refractivity contribution in [3.63, 3.8) is 0 Å². The van der Waals surface area contributed by atoms with Gasteiger partial charge in [-0.3, -0.25) is 0 Å². The lowest BCUT2D eigenvalue weighted by atomic mass is 10.4. The largest absolute Gasteiger partial charge is 0.385 e. The molecule has 0 amide bonds. The van der Waals surface area contributed by atoms with Gasteiger partial charge in [0.2, 0.25) is 0 Å². The zero-order chi connectivity index (χ0) is 8.53. The molecule has 0 fully saturated rings. The first-order valence-electron chi connectivity index (χ1n) is 3.87. The van der Waals surface area contributed by atoms with Crippen LogP contribution in [0.2, 0.25) is 0 Å². The van der Waals surface area contributed by atoms with Gasteiger partial charge in [-0.25, -0.2) is 9.98 Å². The minimum absolute atomic E-state index is 0.293. The second kappa shape index (κ2) is 7.45. The number of ether oxygens (including phenoxy) is 1. The molecule has 0 saturated heterocycles. The minimum atomic E-state index is 0.293. The monoisotopic (exact) mass is 156 g/mol. The topological polar surface area (TPSA) is 34.0 Å². The maximum Gasteiger partial charge on any atom is 0.0895 e. The Balaban J connectivity index is 3.29. The number of aliphatic imine (C=N–C) groups is 2. The highest BCUT2D eigenvalue weighted by Gasteiger charge is 1.82. The van der Waals surface area contributed by atoms with E-state index in [9.17, 15) is 0 Å². The molecule has 0 bridgehead atoms. The molecule has 0 unspecified atom stereocenters. The summed E-state index contributed by atoms with van der Waals surface area (Å²) in [6.07, 6.45) is 0.942. The minimum Gasteiger partial charge on any atom is -0.385 e. The van der Waals surface area contributed by atoms with Gasteiger partial charge in [-0.05, 0) is 20.3 Å². The van der Waals surface area contributed by atoms with Crippen LogP contribution < -0.4 is 0 Å². The molecule has 0 aromatic rings. The summed E-state index contributed by atoms with van der Waals surface area (Å²) in [5.74, 6) is 0. The fourth-order valence-electron chi connectivity index (χ4n) is 0.494. The fraction of sp³-hybridized carbons (Fsp3) is 0.875. The molecule has 0 saturated carbocycles. The molecule has 64 valence electrons. The maximum atomic E-state index is 4.85. The highest BCUT2D eigenvalue weighted by atomic mass is 16.5. The van der Waals surface area contributed by atoms with Crippen LogP contribution in [-0.2, 0) is 4.74 Å². The molecular formula is C8H16N2O. The third-order valence-electron chi connectivity index (χ3n) is 1.01. The van der Waals surface area contributed by atoms with Crippen LogP contribution in [-0.4, -0.2) is 32.3 Å². The summed E-state index contributed by atoms with van der Waals surface area (Å²) in [5.41, 5.74) is 0. The van der Waals surface area contributed by atoms with Crippen LogP contribution in [0.5, 0.6) is 0 Å². The van der Waals surface area contributed by atoms with Crippen molar-refractivity contribution in [2.75, 3.05) is 20.3 Å². The standard InChI is InChI=1S/C8H16N2O/c1-8(2)10-7-9-5-4-6-11-3/h8H,4-6H2,1-3H3. The number of hydrogen-bond acceptors (Lipinski definition) is 3. The molecule has 0 rings (SSSR count). The lowest BCUT2D eigenvalue weighted by Crippen LogP contribution is -1.91. The first kappa shape index (κ1) is 10.3. The molecule has 0 radical (unpaired) electrons. The summed E-state index contributed by atoms with van der Waals surface area (Å²) in [6, 6.07) is 2.93. The second-order valence-corrected chi connectivity index (χ2v) is 2.55. The smallest absolute Gasteiger partial charge is 0.0895 e. The van der Waals surface area contributed by atoms with Crippen molar-refractivity contribution >= 4 is 6.01 Å². The van der Waals surface area contributed by atoms with Gasteiger partial charge in [0.25, 0.3) is 0 Å². The third-order valence-corrected chi connectivity index (χ3v) is 1.01. The Labute approximate surface area is 68.2 Å². The third kappa shape index (κ3) is 9.34. The normalized spacial score (nSPS) is 9.45. The average Bonchev–Trinajstić information content (AvgIpc) is 1.96. The summed E-state index contributed by atoms with van der Waals surface area (Å²) in [4.78, 5) is 7.92. The number of nitrogens with zero attached hydrogens (tertiary/aromatic N) is 2. The molecule has 0 aliphatic heterocycles. The lowest BCUT2D eigenvalue weighted by Gasteiger charge is -1.91. The first-order chi connectivity index (χ1) is 5.27. The molecule has 0 aliphatic carbocycles. The Kier molecular flexibility index (Phi) is 7.00. The van der Waals surface area contributed by atoms with E-state index in [0.29, 0.717) is 6.04 Å². The molecule has 0 spiro atoms. The van der Waals surface area contributed by atoms with Crippen LogP contribution in [0.3, 0.4) is 0 Å². The van der Waals surface area contributed by atoms with Gasteiger partial charge in [0.1, 0.15) is 0 Å². The van der Waals surface area contributed by atoms with Gasteiger partial charge < -0.3 is 4.74 Å². The van der Waals surface area contributed by atoms with Crippen LogP contribution in [0, 0.1) is 0 Å². The zero-order valence-corrected chi connectivity index (χ0v) is 7.50. The highest BCUT2D eigenvalue weighted by Crippen LogP contribution is 1.82. The predicted octanol–water partition coefficient (Wildman–Crippen LogP) is 1.61. The van der Waals surface area contributed by atoms with Gasteiger partial charge in [-0.15, -0.1) is 0 Å². The van der Waals surface area contributed by atoms with Crippen molar-refractivity contribution in [3.05, 3.63) is 0 Å². The Bertz CT molecular complexity index is 137. The molecule has 3 heteroatoms. The van der Waals surface area contributed by atoms with Crippen LogP contribution >= 0.6 is 0 Å². The SMILES string of the molecule is COCCCN=C=NC(C)C. The van der Waals surface area contributed by atoms with Crippen molar-refractivity contribution in [1.82, 2.24) is 0 Å². The van der Waals surface area contributed by atoms with Crippen molar-refractivity contribution in [2.45, 2.75) is 26.3 Å². The Hall–Kier alpha value is -0.660. The van der Waals surface area contributed by atoms with E-state index < -0.39 is 0 Å². The van der Waals surface area contributed by atoms with Gasteiger partial charge in [-0.1, -0.05) is 0 Å². The van der Waals surface area contributed by atoms with E-state index in [-0.39, 0.29) is 0 Å². The number of hydrogen-bond donors (Lipinski definition) is 0. The summed E-state index contributed by atoms with van der Waals surface area (Å²) >= 11 is 0. The van der Waals surface area contributed by atoms with Crippen molar-refractivity contribution in [1.29, 1.82) is 0 Å². The molecule has 0 aromatic carbocycles. The number of rotatable bonds is 5. The van der Waals surface area contributed by atoms with Crippen LogP contribution in [0.4, 0.5) is 0 Å². The van der Waals surface area contributed by atoms with Crippen LogP contribution in [0.1, 0.15) is 20.3 Å². The molecule has 0 heterocycles. The van der Waals surface area contributed by atoms with Gasteiger partial charge in [-0.2, -0.15) is 0 Å². The predicted molar refractivity (Wildman–Crippen MR) is 46.4 cm³/mol. The molecule has 0 atom stereocenters. The van der Waals surface area contributed by atoms with E-state index >= 15 is 0 Å². The van der Waals surface area contributed by atoms with Crippen molar-refractivity contribution in [2.24, 2.45) is 9.98 Å². The van der Waals surface area contributed by atoms with E-state index in [1.54, 1.807) is 7.11 Å². The quantitative estimate of drug-likeness (QED) is 0.439. The second-order valence-electron chi connectivity index (χ2n) is 2.55. The van der Waals surface area contributed by atoms with Crippen molar-refractivity contribution < 1.29 is 4.74 Å². The fourth-order valence-corrected chi connectivity index (χ4v) is 0.494. The molecule has 0 aliphatic rings. The summed E-state index contributed by atoms with van der Waals surface area (Å²) in [6.45, 7) is 5.51. The molecule has 3 nitrogen and oxygen atoms in total. The van der Waals surface area contributed by atoms with Gasteiger partial charge >= 0.3 is 0 Å². The van der Waals surface area contributed by atoms with Crippen LogP contribution in [0.15, 0.2) is 9.98 Å². The van der Waals surface area contributed by atoms with Gasteiger partial charge in [0.05, 0.1) is 18.6 Å². The average molecular weight is 156 g/mol. The van der Waals surface area contributed by atoms with E-state index in [4.69, 9.17) is 4.74 Å². The molecule has 0 N–H and O–H groups in total. The van der Waals surface area contributed by atoms with Gasteiger partial charge in [0.15, 0.2) is 0 Å². The molecular weight excluding hydrogens is 140 g/mol. The summed E-state index contributed by atoms with van der Waals surface area (Å²) in [7, 11) is 1.69. The zero-order valence-electron chi connectivity index (χ0n) is 7.50. The number of methoxy groups -OCH3 is 1. The van der Waals surface area contributed by atoms with E-state index in [2.05, 4.69) is 16.0 Å². The molecule has 0 aromatic heterocycles. The van der Waals surface area contributed by atoms with Crippen molar-refractivity contribution in [3.8, 4) is 0 Å². The Morgan fingerprint density at radius 1 is 1.45 bits per heavy atom. The van der Waals surface area contributed by atoms with E-state index in [1.807, 2.05) is 13.8 Å². The molecule has 11 heavy (non-hydrogen) atoms. The lowest BCUT2D eigenvalue weighted by molar-refractivity contribution is 0.197. The summed E-state index contributed by atoms with van der Waals surface area (Å²) in [5, 5.41) is 0. The van der Waals surface area contributed by atoms with E-state index in [1.165, 1.54) is 0 Å².